The van der Waals surface area contributed by atoms with Gasteiger partial charge in [-0.25, -0.2) is 0 Å². The molecule has 12 heteroatoms. The van der Waals surface area contributed by atoms with E-state index in [1.165, 1.54) is 154 Å². The Morgan fingerprint density at radius 2 is 0.633 bits per heavy atom. The van der Waals surface area contributed by atoms with Gasteiger partial charge < -0.3 is 30.3 Å². The molecule has 0 radical (unpaired) electrons. The molecule has 0 bridgehead atoms. The Kier molecular flexibility index (Phi) is 38.3. The van der Waals surface area contributed by atoms with Crippen LogP contribution >= 0.6 is 0 Å². The average Bonchev–Trinajstić information content (AvgIpc) is 1.68. The predicted octanol–water partition coefficient (Wildman–Crippen LogP) is 17.0. The summed E-state index contributed by atoms with van der Waals surface area (Å²) in [6.45, 7) is 13.6. The number of nitrogens with one attached hydrogen (secondary N) is 3. The maximum absolute atomic E-state index is 13.5. The minimum Gasteiger partial charge on any atom is -0.465 e. The van der Waals surface area contributed by atoms with Crippen LogP contribution in [0.15, 0.2) is 97.1 Å². The first-order valence-corrected chi connectivity index (χ1v) is 35.2. The summed E-state index contributed by atoms with van der Waals surface area (Å²) in [6, 6.07) is 31.6. The molecule has 0 aliphatic heterocycles. The Hall–Kier alpha value is -6.14. The summed E-state index contributed by atoms with van der Waals surface area (Å²) in [7, 11) is 1.88. The minimum atomic E-state index is -1.34. The third-order valence-corrected chi connectivity index (χ3v) is 17.6. The summed E-state index contributed by atoms with van der Waals surface area (Å²) < 4.78 is 11.1. The summed E-state index contributed by atoms with van der Waals surface area (Å²) in [5.41, 5.74) is 5.06. The van der Waals surface area contributed by atoms with Crippen molar-refractivity contribution in [3.63, 3.8) is 0 Å². The molecular formula is C78H118N4O8. The minimum absolute atomic E-state index is 0.129. The van der Waals surface area contributed by atoms with Crippen LogP contribution in [0, 0.1) is 10.8 Å². The van der Waals surface area contributed by atoms with Crippen molar-refractivity contribution in [3.8, 4) is 0 Å². The van der Waals surface area contributed by atoms with Gasteiger partial charge in [-0.05, 0) is 112 Å². The van der Waals surface area contributed by atoms with Crippen LogP contribution < -0.4 is 16.0 Å². The summed E-state index contributed by atoms with van der Waals surface area (Å²) in [5, 5.41) is 8.70. The number of ether oxygens (including phenoxy) is 2. The first-order chi connectivity index (χ1) is 43.5. The molecule has 12 nitrogen and oxygen atoms in total. The van der Waals surface area contributed by atoms with E-state index in [-0.39, 0.29) is 42.9 Å². The van der Waals surface area contributed by atoms with Crippen molar-refractivity contribution in [1.82, 2.24) is 15.5 Å². The molecule has 0 spiro atoms. The number of amides is 3. The number of Topliss-reactive ketones (excluding diaryl/α,β-unsaturated/α-hetero) is 1. The van der Waals surface area contributed by atoms with E-state index in [1.54, 1.807) is 27.7 Å². The number of rotatable bonds is 51. The Bertz CT molecular complexity index is 2630. The van der Waals surface area contributed by atoms with Crippen molar-refractivity contribution in [2.24, 2.45) is 10.8 Å². The van der Waals surface area contributed by atoms with E-state index in [9.17, 15) is 28.8 Å². The van der Waals surface area contributed by atoms with Crippen molar-refractivity contribution in [3.05, 3.63) is 136 Å². The second kappa shape index (κ2) is 45.2. The maximum atomic E-state index is 13.5. The van der Waals surface area contributed by atoms with E-state index in [2.05, 4.69) is 29.8 Å². The highest BCUT2D eigenvalue weighted by atomic mass is 16.5. The largest absolute Gasteiger partial charge is 0.465 e. The van der Waals surface area contributed by atoms with Gasteiger partial charge in [0, 0.05) is 38.3 Å². The van der Waals surface area contributed by atoms with Gasteiger partial charge in [0.1, 0.15) is 10.8 Å². The molecule has 3 amide bonds. The molecule has 0 saturated heterocycles. The number of hydrogen-bond donors (Lipinski definition) is 3. The highest BCUT2D eigenvalue weighted by Gasteiger charge is 2.37. The molecular weight excluding hydrogens is 1120 g/mol. The molecule has 0 unspecified atom stereocenters. The molecule has 4 aromatic rings. The van der Waals surface area contributed by atoms with Crippen LogP contribution in [0.4, 0.5) is 5.69 Å². The third kappa shape index (κ3) is 32.7. The zero-order chi connectivity index (χ0) is 65.1. The second-order valence-corrected chi connectivity index (χ2v) is 26.6. The van der Waals surface area contributed by atoms with Gasteiger partial charge in [-0.3, -0.25) is 28.8 Å². The quantitative estimate of drug-likeness (QED) is 0.0222. The molecule has 90 heavy (non-hydrogen) atoms. The number of benzene rings is 4. The SMILES string of the molecule is CCCCCCCCCCCCCCCCCCOC(=O)Cc1ccc(Cc2ccc(NC(=O)C(C)(C)C(=O)NCCN(C)CCNC(=O)C(C)(C)C(=O)Cc3ccc(Cc4ccc(CC(=O)OCCCCCCCCCCCCCC)cc4)cc3)cc2)cc1. The van der Waals surface area contributed by atoms with E-state index in [0.717, 1.165) is 64.6 Å². The van der Waals surface area contributed by atoms with Crippen LogP contribution in [0.5, 0.6) is 0 Å². The van der Waals surface area contributed by atoms with Gasteiger partial charge in [0.15, 0.2) is 5.78 Å². The Labute approximate surface area is 544 Å². The molecule has 0 heterocycles. The molecule has 0 aliphatic carbocycles. The van der Waals surface area contributed by atoms with Crippen molar-refractivity contribution in [1.29, 1.82) is 0 Å². The molecule has 4 rings (SSSR count). The second-order valence-electron chi connectivity index (χ2n) is 26.6. The van der Waals surface area contributed by atoms with Crippen LogP contribution in [-0.2, 0) is 70.3 Å². The lowest BCUT2D eigenvalue weighted by molar-refractivity contribution is -0.143. The van der Waals surface area contributed by atoms with Crippen molar-refractivity contribution >= 4 is 41.1 Å². The van der Waals surface area contributed by atoms with Crippen LogP contribution in [-0.4, -0.2) is 86.8 Å². The van der Waals surface area contributed by atoms with Gasteiger partial charge in [-0.1, -0.05) is 266 Å². The number of carbonyl (C=O) groups is 6. The Balaban J connectivity index is 1.02. The number of unbranched alkanes of at least 4 members (excludes halogenated alkanes) is 26. The van der Waals surface area contributed by atoms with Gasteiger partial charge in [-0.15, -0.1) is 0 Å². The summed E-state index contributed by atoms with van der Waals surface area (Å²) in [4.78, 5) is 80.4. The lowest BCUT2D eigenvalue weighted by atomic mass is 9.83. The molecule has 0 aliphatic rings. The lowest BCUT2D eigenvalue weighted by Crippen LogP contribution is -2.47. The van der Waals surface area contributed by atoms with Gasteiger partial charge >= 0.3 is 11.9 Å². The average molecular weight is 1240 g/mol. The summed E-state index contributed by atoms with van der Waals surface area (Å²) in [6.07, 6.45) is 38.3. The van der Waals surface area contributed by atoms with E-state index in [4.69, 9.17) is 9.47 Å². The van der Waals surface area contributed by atoms with Gasteiger partial charge in [0.25, 0.3) is 0 Å². The molecule has 3 N–H and O–H groups in total. The topological polar surface area (TPSA) is 160 Å². The number of carbonyl (C=O) groups excluding carboxylic acids is 6. The monoisotopic (exact) mass is 1240 g/mol. The zero-order valence-corrected chi connectivity index (χ0v) is 57.0. The highest BCUT2D eigenvalue weighted by molar-refractivity contribution is 6.10. The van der Waals surface area contributed by atoms with Gasteiger partial charge in [0.05, 0.1) is 26.1 Å². The van der Waals surface area contributed by atoms with E-state index in [0.29, 0.717) is 57.9 Å². The van der Waals surface area contributed by atoms with E-state index >= 15 is 0 Å². The summed E-state index contributed by atoms with van der Waals surface area (Å²) in [5.74, 6) is -1.73. The third-order valence-electron chi connectivity index (χ3n) is 17.6. The molecule has 4 aromatic carbocycles. The Morgan fingerprint density at radius 3 is 0.967 bits per heavy atom. The van der Waals surface area contributed by atoms with Gasteiger partial charge in [-0.2, -0.15) is 0 Å². The smallest absolute Gasteiger partial charge is 0.310 e. The molecule has 0 atom stereocenters. The first kappa shape index (κ1) is 76.3. The normalized spacial score (nSPS) is 11.6. The Morgan fingerprint density at radius 1 is 0.356 bits per heavy atom. The van der Waals surface area contributed by atoms with Crippen LogP contribution in [0.2, 0.25) is 0 Å². The maximum Gasteiger partial charge on any atom is 0.310 e. The number of nitrogens with zero attached hydrogens (tertiary/aromatic N) is 1. The lowest BCUT2D eigenvalue weighted by Gasteiger charge is -2.25. The number of anilines is 1. The highest BCUT2D eigenvalue weighted by Crippen LogP contribution is 2.24. The fourth-order valence-electron chi connectivity index (χ4n) is 11.1. The molecule has 0 fully saturated rings. The number of ketones is 1. The van der Waals surface area contributed by atoms with E-state index in [1.807, 2.05) is 109 Å². The molecule has 0 aromatic heterocycles. The zero-order valence-electron chi connectivity index (χ0n) is 57.0. The fraction of sp³-hybridized carbons (Fsp3) is 0.615. The van der Waals surface area contributed by atoms with Crippen molar-refractivity contribution in [2.45, 2.75) is 253 Å². The van der Waals surface area contributed by atoms with Crippen LogP contribution in [0.1, 0.15) is 260 Å². The van der Waals surface area contributed by atoms with Crippen molar-refractivity contribution in [2.75, 3.05) is 51.8 Å². The number of likely N-dealkylation sites (N-methyl/N-ethyl adjacent to an activating group) is 1. The number of hydrogen-bond acceptors (Lipinski definition) is 9. The predicted molar refractivity (Wildman–Crippen MR) is 370 cm³/mol. The first-order valence-electron chi connectivity index (χ1n) is 35.2. The van der Waals surface area contributed by atoms with Gasteiger partial charge in [0.2, 0.25) is 17.7 Å². The fourth-order valence-corrected chi connectivity index (χ4v) is 11.1. The van der Waals surface area contributed by atoms with Crippen molar-refractivity contribution < 1.29 is 38.2 Å². The number of esters is 2. The molecule has 498 valence electrons. The molecule has 0 saturated carbocycles. The summed E-state index contributed by atoms with van der Waals surface area (Å²) >= 11 is 0. The van der Waals surface area contributed by atoms with Crippen LogP contribution in [0.25, 0.3) is 0 Å². The standard InChI is InChI=1S/C78H118N4O8/c1-8-10-12-14-16-18-20-22-23-24-25-27-29-31-33-35-57-90-73(85)62-69-46-40-65(41-47-69)59-66-48-50-70(51-49-66)81-76(88)78(5,6)75(87)80-53-55-82(7)54-52-79-74(86)77(3,4)71(83)60-67-42-36-63(37-43-67)58-64-38-44-68(45-39-64)61-72(84)89-56-34-32-30-28-26-21-19-17-15-13-11-9-2/h36-51H,8-35,52-62H2,1-7H3,(H,79,86)(H,80,87)(H,81,88). The van der Waals surface area contributed by atoms with E-state index < -0.39 is 22.6 Å². The van der Waals surface area contributed by atoms with Crippen LogP contribution in [0.3, 0.4) is 0 Å².